The molecule has 0 spiro atoms. The molecule has 0 radical (unpaired) electrons. The first-order valence-electron chi connectivity index (χ1n) is 5.36. The lowest BCUT2D eigenvalue weighted by Crippen LogP contribution is -2.22. The zero-order valence-electron chi connectivity index (χ0n) is 10.3. The molecular weight excluding hydrogens is 210 g/mol. The topological polar surface area (TPSA) is 76.5 Å². The monoisotopic (exact) mass is 231 g/mol. The van der Waals surface area contributed by atoms with Gasteiger partial charge < -0.3 is 14.2 Å². The zero-order chi connectivity index (χ0) is 12.3. The molecule has 6 nitrogen and oxygen atoms in total. The van der Waals surface area contributed by atoms with Gasteiger partial charge in [0.15, 0.2) is 0 Å². The van der Waals surface area contributed by atoms with Gasteiger partial charge in [0.05, 0.1) is 38.6 Å². The predicted molar refractivity (Wildman–Crippen MR) is 61.4 cm³/mol. The molecule has 0 saturated carbocycles. The minimum absolute atomic E-state index is 0.116. The molecule has 0 heterocycles. The molecule has 6 heteroatoms. The second-order valence-corrected chi connectivity index (χ2v) is 4.14. The van der Waals surface area contributed by atoms with Crippen LogP contribution < -0.4 is 0 Å². The number of azide groups is 1. The van der Waals surface area contributed by atoms with Crippen molar-refractivity contribution in [3.05, 3.63) is 10.4 Å². The van der Waals surface area contributed by atoms with Crippen LogP contribution in [0.3, 0.4) is 0 Å². The molecular formula is C10H21N3O3. The Morgan fingerprint density at radius 3 is 2.12 bits per heavy atom. The zero-order valence-corrected chi connectivity index (χ0v) is 10.3. The van der Waals surface area contributed by atoms with Crippen molar-refractivity contribution in [1.29, 1.82) is 0 Å². The van der Waals surface area contributed by atoms with Crippen molar-refractivity contribution in [2.75, 3.05) is 39.6 Å². The summed E-state index contributed by atoms with van der Waals surface area (Å²) < 4.78 is 15.9. The summed E-state index contributed by atoms with van der Waals surface area (Å²) in [7, 11) is 0. The molecule has 0 bridgehead atoms. The third-order valence-electron chi connectivity index (χ3n) is 1.53. The van der Waals surface area contributed by atoms with Crippen molar-refractivity contribution in [3.63, 3.8) is 0 Å². The first-order chi connectivity index (χ1) is 7.56. The summed E-state index contributed by atoms with van der Waals surface area (Å²) in [5.41, 5.74) is 7.88. The van der Waals surface area contributed by atoms with Gasteiger partial charge in [-0.2, -0.15) is 0 Å². The minimum Gasteiger partial charge on any atom is -0.379 e. The van der Waals surface area contributed by atoms with Crippen molar-refractivity contribution in [2.24, 2.45) is 5.11 Å². The van der Waals surface area contributed by atoms with Crippen molar-refractivity contribution in [3.8, 4) is 0 Å². The number of hydrogen-bond donors (Lipinski definition) is 0. The van der Waals surface area contributed by atoms with Crippen LogP contribution >= 0.6 is 0 Å². The van der Waals surface area contributed by atoms with E-state index in [0.29, 0.717) is 39.6 Å². The maximum absolute atomic E-state index is 8.00. The molecule has 0 aliphatic carbocycles. The van der Waals surface area contributed by atoms with E-state index in [1.165, 1.54) is 0 Å². The lowest BCUT2D eigenvalue weighted by atomic mass is 10.2. The van der Waals surface area contributed by atoms with Crippen molar-refractivity contribution >= 4 is 0 Å². The molecule has 0 saturated heterocycles. The SMILES string of the molecule is CC(C)(C)OCCOCCOCCN=[N+]=[N-]. The van der Waals surface area contributed by atoms with Crippen LogP contribution in [0.2, 0.25) is 0 Å². The minimum atomic E-state index is -0.116. The highest BCUT2D eigenvalue weighted by Crippen LogP contribution is 2.05. The Hall–Kier alpha value is -0.810. The summed E-state index contributed by atoms with van der Waals surface area (Å²) >= 11 is 0. The fraction of sp³-hybridized carbons (Fsp3) is 1.00. The lowest BCUT2D eigenvalue weighted by Gasteiger charge is -2.19. The predicted octanol–water partition coefficient (Wildman–Crippen LogP) is 2.14. The van der Waals surface area contributed by atoms with E-state index in [-0.39, 0.29) is 5.60 Å². The Bertz CT molecular complexity index is 210. The molecule has 0 aromatic carbocycles. The molecule has 0 N–H and O–H groups in total. The molecule has 0 aliphatic rings. The fourth-order valence-corrected chi connectivity index (χ4v) is 0.879. The van der Waals surface area contributed by atoms with E-state index in [1.54, 1.807) is 0 Å². The molecule has 0 atom stereocenters. The number of hydrogen-bond acceptors (Lipinski definition) is 4. The molecule has 0 aromatic rings. The molecule has 0 rings (SSSR count). The van der Waals surface area contributed by atoms with Crippen LogP contribution in [0.25, 0.3) is 10.4 Å². The number of rotatable bonds is 9. The van der Waals surface area contributed by atoms with E-state index in [0.717, 1.165) is 0 Å². The summed E-state index contributed by atoms with van der Waals surface area (Å²) in [6, 6.07) is 0. The summed E-state index contributed by atoms with van der Waals surface area (Å²) in [5.74, 6) is 0. The van der Waals surface area contributed by atoms with Gasteiger partial charge in [-0.25, -0.2) is 0 Å². The Labute approximate surface area is 96.5 Å². The average Bonchev–Trinajstić information content (AvgIpc) is 2.19. The Kier molecular flexibility index (Phi) is 8.94. The van der Waals surface area contributed by atoms with Gasteiger partial charge in [0.25, 0.3) is 0 Å². The van der Waals surface area contributed by atoms with Gasteiger partial charge in [0.2, 0.25) is 0 Å². The number of ether oxygens (including phenoxy) is 3. The van der Waals surface area contributed by atoms with Gasteiger partial charge in [0.1, 0.15) is 0 Å². The van der Waals surface area contributed by atoms with Crippen molar-refractivity contribution < 1.29 is 14.2 Å². The Morgan fingerprint density at radius 2 is 1.56 bits per heavy atom. The summed E-state index contributed by atoms with van der Waals surface area (Å²) in [6.45, 7) is 9.01. The van der Waals surface area contributed by atoms with Gasteiger partial charge in [-0.15, -0.1) is 0 Å². The van der Waals surface area contributed by atoms with Crippen LogP contribution in [0.1, 0.15) is 20.8 Å². The van der Waals surface area contributed by atoms with E-state index in [1.807, 2.05) is 20.8 Å². The maximum Gasteiger partial charge on any atom is 0.0707 e. The second-order valence-electron chi connectivity index (χ2n) is 4.14. The highest BCUT2D eigenvalue weighted by molar-refractivity contribution is 4.57. The normalized spacial score (nSPS) is 11.2. The van der Waals surface area contributed by atoms with E-state index in [4.69, 9.17) is 19.7 Å². The van der Waals surface area contributed by atoms with Gasteiger partial charge in [-0.3, -0.25) is 0 Å². The molecule has 0 aromatic heterocycles. The highest BCUT2D eigenvalue weighted by atomic mass is 16.5. The molecule has 16 heavy (non-hydrogen) atoms. The maximum atomic E-state index is 8.00. The molecule has 0 fully saturated rings. The van der Waals surface area contributed by atoms with Gasteiger partial charge in [0, 0.05) is 11.5 Å². The Balaban J connectivity index is 3.07. The highest BCUT2D eigenvalue weighted by Gasteiger charge is 2.08. The summed E-state index contributed by atoms with van der Waals surface area (Å²) in [5, 5.41) is 3.34. The standard InChI is InChI=1S/C10H21N3O3/c1-10(2,3)16-9-8-15-7-6-14-5-4-12-13-11/h4-9H2,1-3H3. The largest absolute Gasteiger partial charge is 0.379 e. The van der Waals surface area contributed by atoms with Crippen LogP contribution in [-0.4, -0.2) is 45.2 Å². The summed E-state index contributed by atoms with van der Waals surface area (Å²) in [4.78, 5) is 2.61. The van der Waals surface area contributed by atoms with Gasteiger partial charge in [-0.05, 0) is 26.3 Å². The van der Waals surface area contributed by atoms with Crippen LogP contribution in [-0.2, 0) is 14.2 Å². The van der Waals surface area contributed by atoms with E-state index < -0.39 is 0 Å². The lowest BCUT2D eigenvalue weighted by molar-refractivity contribution is -0.0421. The van der Waals surface area contributed by atoms with Crippen molar-refractivity contribution in [2.45, 2.75) is 26.4 Å². The van der Waals surface area contributed by atoms with Crippen LogP contribution in [0.15, 0.2) is 5.11 Å². The summed E-state index contributed by atoms with van der Waals surface area (Å²) in [6.07, 6.45) is 0. The van der Waals surface area contributed by atoms with Crippen LogP contribution in [0, 0.1) is 0 Å². The first kappa shape index (κ1) is 15.2. The smallest absolute Gasteiger partial charge is 0.0707 e. The third kappa shape index (κ3) is 13.2. The van der Waals surface area contributed by atoms with Gasteiger partial charge >= 0.3 is 0 Å². The molecule has 0 unspecified atom stereocenters. The van der Waals surface area contributed by atoms with E-state index in [2.05, 4.69) is 10.0 Å². The number of nitrogens with zero attached hydrogens (tertiary/aromatic N) is 3. The third-order valence-corrected chi connectivity index (χ3v) is 1.53. The van der Waals surface area contributed by atoms with Crippen molar-refractivity contribution in [1.82, 2.24) is 0 Å². The van der Waals surface area contributed by atoms with Crippen LogP contribution in [0.4, 0.5) is 0 Å². The first-order valence-corrected chi connectivity index (χ1v) is 5.36. The quantitative estimate of drug-likeness (QED) is 0.264. The fourth-order valence-electron chi connectivity index (χ4n) is 0.879. The molecule has 0 amide bonds. The Morgan fingerprint density at radius 1 is 1.00 bits per heavy atom. The molecule has 94 valence electrons. The average molecular weight is 231 g/mol. The van der Waals surface area contributed by atoms with E-state index in [9.17, 15) is 0 Å². The van der Waals surface area contributed by atoms with Gasteiger partial charge in [-0.1, -0.05) is 5.11 Å². The second kappa shape index (κ2) is 9.42. The van der Waals surface area contributed by atoms with Crippen LogP contribution in [0.5, 0.6) is 0 Å². The molecule has 0 aliphatic heterocycles. The van der Waals surface area contributed by atoms with E-state index >= 15 is 0 Å².